The average molecular weight is 340 g/mol. The number of halogens is 2. The van der Waals surface area contributed by atoms with Crippen LogP contribution in [0, 0.1) is 11.6 Å². The van der Waals surface area contributed by atoms with Gasteiger partial charge in [0.1, 0.15) is 17.3 Å². The molecule has 0 saturated heterocycles. The van der Waals surface area contributed by atoms with Crippen LogP contribution >= 0.6 is 0 Å². The van der Waals surface area contributed by atoms with Crippen molar-refractivity contribution in [1.82, 2.24) is 0 Å². The van der Waals surface area contributed by atoms with Crippen LogP contribution in [0.5, 0.6) is 0 Å². The van der Waals surface area contributed by atoms with E-state index in [2.05, 4.69) is 5.32 Å². The standard InChI is InChI=1S/C15H14F2N2O3S/c16-12-2-1-3-13(17)15(12)19-14(20)9-6-10-4-7-11(8-5-10)23(18,21)22/h1-5,7-8H,6,9H2,(H,19,20)(H2,18,21,22). The highest BCUT2D eigenvalue weighted by Crippen LogP contribution is 2.18. The van der Waals surface area contributed by atoms with Crippen molar-refractivity contribution in [2.24, 2.45) is 5.14 Å². The molecule has 8 heteroatoms. The lowest BCUT2D eigenvalue weighted by Crippen LogP contribution is -2.15. The molecule has 1 amide bonds. The number of rotatable bonds is 5. The maximum Gasteiger partial charge on any atom is 0.238 e. The van der Waals surface area contributed by atoms with Gasteiger partial charge >= 0.3 is 0 Å². The molecule has 0 fully saturated rings. The Balaban J connectivity index is 1.97. The third-order valence-electron chi connectivity index (χ3n) is 3.12. The summed E-state index contributed by atoms with van der Waals surface area (Å²) in [5, 5.41) is 7.16. The van der Waals surface area contributed by atoms with E-state index in [1.54, 1.807) is 0 Å². The first-order valence-corrected chi connectivity index (χ1v) is 8.17. The fourth-order valence-electron chi connectivity index (χ4n) is 1.92. The van der Waals surface area contributed by atoms with Crippen molar-refractivity contribution in [2.75, 3.05) is 5.32 Å². The van der Waals surface area contributed by atoms with Crippen LogP contribution in [0.25, 0.3) is 0 Å². The van der Waals surface area contributed by atoms with Crippen LogP contribution in [0.3, 0.4) is 0 Å². The molecular formula is C15H14F2N2O3S. The summed E-state index contributed by atoms with van der Waals surface area (Å²) in [7, 11) is -3.76. The zero-order chi connectivity index (χ0) is 17.0. The number of anilines is 1. The van der Waals surface area contributed by atoms with Gasteiger partial charge in [0.25, 0.3) is 0 Å². The van der Waals surface area contributed by atoms with E-state index in [1.807, 2.05) is 0 Å². The van der Waals surface area contributed by atoms with Crippen LogP contribution in [0.2, 0.25) is 0 Å². The highest BCUT2D eigenvalue weighted by atomic mass is 32.2. The van der Waals surface area contributed by atoms with Gasteiger partial charge in [-0.25, -0.2) is 22.3 Å². The van der Waals surface area contributed by atoms with Crippen LogP contribution in [-0.4, -0.2) is 14.3 Å². The first kappa shape index (κ1) is 17.0. The van der Waals surface area contributed by atoms with Gasteiger partial charge in [0, 0.05) is 6.42 Å². The first-order valence-electron chi connectivity index (χ1n) is 6.63. The number of aryl methyl sites for hydroxylation is 1. The van der Waals surface area contributed by atoms with Crippen LogP contribution in [-0.2, 0) is 21.2 Å². The second-order valence-corrected chi connectivity index (χ2v) is 6.40. The fourth-order valence-corrected chi connectivity index (χ4v) is 2.44. The van der Waals surface area contributed by atoms with E-state index in [-0.39, 0.29) is 17.7 Å². The Kier molecular flexibility index (Phi) is 5.07. The highest BCUT2D eigenvalue weighted by Gasteiger charge is 2.12. The van der Waals surface area contributed by atoms with E-state index in [1.165, 1.54) is 30.3 Å². The number of carbonyl (C=O) groups is 1. The van der Waals surface area contributed by atoms with Crippen LogP contribution in [0.4, 0.5) is 14.5 Å². The number of nitrogens with one attached hydrogen (secondary N) is 1. The van der Waals surface area contributed by atoms with Gasteiger partial charge in [-0.3, -0.25) is 4.79 Å². The molecule has 0 aliphatic carbocycles. The zero-order valence-corrected chi connectivity index (χ0v) is 12.7. The monoisotopic (exact) mass is 340 g/mol. The van der Waals surface area contributed by atoms with E-state index < -0.39 is 33.3 Å². The molecule has 2 aromatic rings. The van der Waals surface area contributed by atoms with E-state index >= 15 is 0 Å². The number of amides is 1. The Morgan fingerprint density at radius 2 is 1.61 bits per heavy atom. The lowest BCUT2D eigenvalue weighted by Gasteiger charge is -2.07. The van der Waals surface area contributed by atoms with Gasteiger partial charge in [0.05, 0.1) is 4.90 Å². The number of primary sulfonamides is 1. The summed E-state index contributed by atoms with van der Waals surface area (Å²) in [6.07, 6.45) is 0.273. The second kappa shape index (κ2) is 6.84. The smallest absolute Gasteiger partial charge is 0.238 e. The van der Waals surface area contributed by atoms with Crippen molar-refractivity contribution in [3.63, 3.8) is 0 Å². The summed E-state index contributed by atoms with van der Waals surface area (Å²) in [6.45, 7) is 0. The number of nitrogens with two attached hydrogens (primary N) is 1. The average Bonchev–Trinajstić information content (AvgIpc) is 2.48. The molecule has 5 nitrogen and oxygen atoms in total. The Bertz CT molecular complexity index is 801. The van der Waals surface area contributed by atoms with Crippen LogP contribution < -0.4 is 10.5 Å². The minimum Gasteiger partial charge on any atom is -0.321 e. The van der Waals surface area contributed by atoms with Gasteiger partial charge in [-0.2, -0.15) is 0 Å². The van der Waals surface area contributed by atoms with Crippen molar-refractivity contribution >= 4 is 21.6 Å². The molecule has 0 aliphatic heterocycles. The third-order valence-corrected chi connectivity index (χ3v) is 4.05. The minimum absolute atomic E-state index is 0.0114. The molecule has 0 unspecified atom stereocenters. The SMILES string of the molecule is NS(=O)(=O)c1ccc(CCC(=O)Nc2c(F)cccc2F)cc1. The number of hydrogen-bond acceptors (Lipinski definition) is 3. The number of sulfonamides is 1. The number of benzene rings is 2. The Labute approximate surface area is 132 Å². The minimum atomic E-state index is -3.76. The topological polar surface area (TPSA) is 89.3 Å². The fraction of sp³-hybridized carbons (Fsp3) is 0.133. The van der Waals surface area contributed by atoms with Gasteiger partial charge in [0.15, 0.2) is 0 Å². The molecule has 2 aromatic carbocycles. The molecule has 0 aliphatic rings. The quantitative estimate of drug-likeness (QED) is 0.874. The summed E-state index contributed by atoms with van der Waals surface area (Å²) in [6, 6.07) is 9.01. The van der Waals surface area contributed by atoms with Gasteiger partial charge in [-0.15, -0.1) is 0 Å². The van der Waals surface area contributed by atoms with Crippen molar-refractivity contribution in [3.05, 3.63) is 59.7 Å². The number of hydrogen-bond donors (Lipinski definition) is 2. The molecule has 0 bridgehead atoms. The number of para-hydroxylation sites is 1. The lowest BCUT2D eigenvalue weighted by atomic mass is 10.1. The van der Waals surface area contributed by atoms with Crippen molar-refractivity contribution in [2.45, 2.75) is 17.7 Å². The maximum absolute atomic E-state index is 13.4. The molecule has 0 atom stereocenters. The molecule has 122 valence electrons. The second-order valence-electron chi connectivity index (χ2n) is 4.83. The normalized spacial score (nSPS) is 11.3. The highest BCUT2D eigenvalue weighted by molar-refractivity contribution is 7.89. The van der Waals surface area contributed by atoms with Gasteiger partial charge in [-0.05, 0) is 36.2 Å². The molecular weight excluding hydrogens is 326 g/mol. The van der Waals surface area contributed by atoms with E-state index in [0.717, 1.165) is 12.1 Å². The first-order chi connectivity index (χ1) is 10.8. The molecule has 2 rings (SSSR count). The number of carbonyl (C=O) groups excluding carboxylic acids is 1. The van der Waals surface area contributed by atoms with Gasteiger partial charge < -0.3 is 5.32 Å². The summed E-state index contributed by atoms with van der Waals surface area (Å²) in [5.41, 5.74) is 0.212. The van der Waals surface area contributed by atoms with Gasteiger partial charge in [0.2, 0.25) is 15.9 Å². The Morgan fingerprint density at radius 3 is 2.13 bits per heavy atom. The molecule has 0 saturated carbocycles. The Hall–Kier alpha value is -2.32. The van der Waals surface area contributed by atoms with Crippen molar-refractivity contribution < 1.29 is 22.0 Å². The Morgan fingerprint density at radius 1 is 1.04 bits per heavy atom. The van der Waals surface area contributed by atoms with E-state index in [9.17, 15) is 22.0 Å². The molecule has 0 aromatic heterocycles. The van der Waals surface area contributed by atoms with Crippen LogP contribution in [0.1, 0.15) is 12.0 Å². The summed E-state index contributed by atoms with van der Waals surface area (Å²) < 4.78 is 49.1. The van der Waals surface area contributed by atoms with E-state index in [0.29, 0.717) is 5.56 Å². The third kappa shape index (κ3) is 4.57. The largest absolute Gasteiger partial charge is 0.321 e. The molecule has 0 spiro atoms. The summed E-state index contributed by atoms with van der Waals surface area (Å²) in [4.78, 5) is 11.7. The van der Waals surface area contributed by atoms with Crippen LogP contribution in [0.15, 0.2) is 47.4 Å². The molecule has 3 N–H and O–H groups in total. The summed E-state index contributed by atoms with van der Waals surface area (Å²) >= 11 is 0. The summed E-state index contributed by atoms with van der Waals surface area (Å²) in [5.74, 6) is -2.25. The zero-order valence-electron chi connectivity index (χ0n) is 11.9. The maximum atomic E-state index is 13.4. The molecule has 23 heavy (non-hydrogen) atoms. The predicted molar refractivity (Wildman–Crippen MR) is 81.1 cm³/mol. The lowest BCUT2D eigenvalue weighted by molar-refractivity contribution is -0.116. The molecule has 0 heterocycles. The van der Waals surface area contributed by atoms with Gasteiger partial charge in [-0.1, -0.05) is 18.2 Å². The van der Waals surface area contributed by atoms with Crippen molar-refractivity contribution in [3.8, 4) is 0 Å². The molecule has 0 radical (unpaired) electrons. The predicted octanol–water partition coefficient (Wildman–Crippen LogP) is 2.18. The van der Waals surface area contributed by atoms with Crippen molar-refractivity contribution in [1.29, 1.82) is 0 Å². The van der Waals surface area contributed by atoms with E-state index in [4.69, 9.17) is 5.14 Å².